The molecule has 220 valence electrons. The molecule has 5 aliphatic rings. The molecule has 3 aliphatic heterocycles. The van der Waals surface area contributed by atoms with Gasteiger partial charge in [0.2, 0.25) is 0 Å². The third-order valence-corrected chi connectivity index (χ3v) is 11.9. The predicted octanol–water partition coefficient (Wildman–Crippen LogP) is 0.332. The summed E-state index contributed by atoms with van der Waals surface area (Å²) in [5.74, 6) is 0.908. The Kier molecular flexibility index (Phi) is 10.3. The molecule has 4 atom stereocenters. The Morgan fingerprint density at radius 1 is 1.20 bits per heavy atom. The quantitative estimate of drug-likeness (QED) is 0.259. The van der Waals surface area contributed by atoms with Crippen LogP contribution in [0.3, 0.4) is 0 Å². The molecule has 0 radical (unpaired) electrons. The van der Waals surface area contributed by atoms with Crippen LogP contribution >= 0.6 is 0 Å². The van der Waals surface area contributed by atoms with E-state index in [9.17, 15) is 4.79 Å². The number of ether oxygens (including phenoxy) is 1. The number of hydrogen-bond donors (Lipinski definition) is 1. The number of rotatable bonds is 5. The number of amides is 1. The van der Waals surface area contributed by atoms with Crippen molar-refractivity contribution in [3.05, 3.63) is 55.7 Å². The van der Waals surface area contributed by atoms with Crippen LogP contribution in [0.2, 0.25) is 0 Å². The summed E-state index contributed by atoms with van der Waals surface area (Å²) in [6.45, 7) is 9.97. The van der Waals surface area contributed by atoms with Gasteiger partial charge in [0, 0.05) is 0 Å². The van der Waals surface area contributed by atoms with Gasteiger partial charge in [0.25, 0.3) is 0 Å². The van der Waals surface area contributed by atoms with E-state index in [1.54, 1.807) is 0 Å². The SMILES string of the molecule is CCC1N=C(OC2CN(C(=O)C3=CC([SH2+])=CCC3)CCN(C3CCCCC3)C2)C=C(C2=C(C)C=C[I-]C2C)[NH+]1C. The van der Waals surface area contributed by atoms with Crippen LogP contribution in [-0.2, 0) is 22.2 Å². The molecule has 1 saturated carbocycles. The number of nitrogens with zero attached hydrogens (tertiary/aromatic N) is 3. The van der Waals surface area contributed by atoms with Crippen LogP contribution in [0.5, 0.6) is 0 Å². The molecular weight excluding hydrogens is 631 g/mol. The van der Waals surface area contributed by atoms with Gasteiger partial charge in [-0.15, -0.1) is 0 Å². The number of halogens is 1. The molecule has 1 amide bonds. The fraction of sp³-hybridized carbons (Fsp3) is 0.625. The number of quaternary nitrogens is 1. The van der Waals surface area contributed by atoms with Crippen molar-refractivity contribution in [2.75, 3.05) is 33.2 Å². The fourth-order valence-corrected chi connectivity index (χ4v) is 9.74. The molecule has 2 aliphatic carbocycles. The first-order valence-electron chi connectivity index (χ1n) is 15.3. The number of aliphatic imine (C=N–C) groups is 1. The van der Waals surface area contributed by atoms with Crippen molar-refractivity contribution < 1.29 is 35.6 Å². The molecule has 6 nitrogen and oxygen atoms in total. The van der Waals surface area contributed by atoms with Gasteiger partial charge in [-0.05, 0) is 25.1 Å². The normalized spacial score (nSPS) is 31.0. The third-order valence-electron chi connectivity index (χ3n) is 9.12. The van der Waals surface area contributed by atoms with E-state index in [0.717, 1.165) is 55.3 Å². The van der Waals surface area contributed by atoms with Gasteiger partial charge < -0.3 is 0 Å². The first-order chi connectivity index (χ1) is 19.3. The second-order valence-corrected chi connectivity index (χ2v) is 15.8. The molecule has 0 aromatic rings. The Bertz CT molecular complexity index is 1150. The Labute approximate surface area is 257 Å². The molecule has 1 saturated heterocycles. The van der Waals surface area contributed by atoms with Gasteiger partial charge >= 0.3 is 222 Å². The molecule has 1 N–H and O–H groups in total. The Hall–Kier alpha value is -1.36. The topological polar surface area (TPSA) is 49.6 Å². The zero-order valence-corrected chi connectivity index (χ0v) is 27.9. The molecule has 2 fully saturated rings. The van der Waals surface area contributed by atoms with Crippen LogP contribution in [0.15, 0.2) is 60.7 Å². The van der Waals surface area contributed by atoms with E-state index in [1.807, 2.05) is 6.08 Å². The Morgan fingerprint density at radius 3 is 2.73 bits per heavy atom. The minimum absolute atomic E-state index is 0.00864. The van der Waals surface area contributed by atoms with Gasteiger partial charge in [-0.25, -0.2) is 0 Å². The fourth-order valence-electron chi connectivity index (χ4n) is 6.87. The summed E-state index contributed by atoms with van der Waals surface area (Å²) in [7, 11) is 2.26. The number of hydrogen-bond acceptors (Lipinski definition) is 4. The number of likely N-dealkylation sites (N-methyl/N-ethyl adjacent to an activating group) is 1. The van der Waals surface area contributed by atoms with Crippen LogP contribution in [0.1, 0.15) is 72.1 Å². The van der Waals surface area contributed by atoms with Crippen LogP contribution in [0.4, 0.5) is 0 Å². The Morgan fingerprint density at radius 2 is 2.00 bits per heavy atom. The second kappa shape index (κ2) is 13.7. The minimum atomic E-state index is -0.102. The van der Waals surface area contributed by atoms with E-state index in [1.165, 1.54) is 53.8 Å². The summed E-state index contributed by atoms with van der Waals surface area (Å²) in [5, 5.41) is 0. The molecule has 3 heterocycles. The number of allylic oxidation sites excluding steroid dienone is 5. The molecule has 40 heavy (non-hydrogen) atoms. The van der Waals surface area contributed by atoms with Gasteiger partial charge in [0.05, 0.1) is 0 Å². The molecule has 0 aromatic carbocycles. The van der Waals surface area contributed by atoms with E-state index in [0.29, 0.717) is 16.5 Å². The van der Waals surface area contributed by atoms with Crippen LogP contribution in [-0.4, -0.2) is 77.1 Å². The van der Waals surface area contributed by atoms with Crippen LogP contribution < -0.4 is 26.1 Å². The summed E-state index contributed by atoms with van der Waals surface area (Å²) in [4.78, 5) is 25.9. The van der Waals surface area contributed by atoms with E-state index in [2.05, 4.69) is 72.6 Å². The number of carbonyl (C=O) groups is 1. The number of nitrogens with one attached hydrogen (secondary N) is 1. The maximum absolute atomic E-state index is 13.7. The average molecular weight is 680 g/mol. The second-order valence-electron chi connectivity index (χ2n) is 11.9. The van der Waals surface area contributed by atoms with Crippen molar-refractivity contribution in [1.82, 2.24) is 9.80 Å². The molecule has 4 unspecified atom stereocenters. The van der Waals surface area contributed by atoms with Gasteiger partial charge in [0.15, 0.2) is 0 Å². The molecule has 0 bridgehead atoms. The zero-order valence-electron chi connectivity index (χ0n) is 24.7. The van der Waals surface area contributed by atoms with Crippen molar-refractivity contribution in [1.29, 1.82) is 0 Å². The number of alkyl halides is 1. The van der Waals surface area contributed by atoms with E-state index < -0.39 is 0 Å². The molecule has 0 spiro atoms. The van der Waals surface area contributed by atoms with Crippen molar-refractivity contribution in [2.45, 2.75) is 94.4 Å². The van der Waals surface area contributed by atoms with Crippen molar-refractivity contribution in [3.63, 3.8) is 0 Å². The van der Waals surface area contributed by atoms with Crippen LogP contribution in [0.25, 0.3) is 0 Å². The van der Waals surface area contributed by atoms with Crippen molar-refractivity contribution in [2.24, 2.45) is 4.99 Å². The van der Waals surface area contributed by atoms with E-state index in [-0.39, 0.29) is 39.4 Å². The standard InChI is InChI=1S/C32H46IN4O2S/c1-5-29-34-30(19-28(35(29)4)31-22(2)14-15-33-23(31)3)39-26-20-36(25-11-7-6-8-12-25)16-17-37(21-26)32(38)24-10-9-13-27(40)18-24/h13-15,18-19,23,25-26,29,40H,5-12,16-17,20-21H2,1-4H3/q-1/p+2. The van der Waals surface area contributed by atoms with Gasteiger partial charge in [0.1, 0.15) is 4.91 Å². The molecular formula is C32H48IN4O2S+. The average Bonchev–Trinajstić information content (AvgIpc) is 3.17. The first-order valence-corrected chi connectivity index (χ1v) is 18.3. The van der Waals surface area contributed by atoms with Crippen molar-refractivity contribution >= 4 is 24.4 Å². The van der Waals surface area contributed by atoms with E-state index in [4.69, 9.17) is 9.73 Å². The Balaban J connectivity index is 1.41. The predicted molar refractivity (Wildman–Crippen MR) is 163 cm³/mol. The molecule has 8 heteroatoms. The van der Waals surface area contributed by atoms with Gasteiger partial charge in [-0.2, -0.15) is 0 Å². The van der Waals surface area contributed by atoms with Gasteiger partial charge in [-0.3, -0.25) is 0 Å². The maximum atomic E-state index is 13.7. The summed E-state index contributed by atoms with van der Waals surface area (Å²) in [6.07, 6.45) is 17.8. The molecule has 0 aromatic heterocycles. The van der Waals surface area contributed by atoms with Crippen molar-refractivity contribution in [3.8, 4) is 0 Å². The first kappa shape index (κ1) is 30.1. The summed E-state index contributed by atoms with van der Waals surface area (Å²) < 4.78 is 9.84. The summed E-state index contributed by atoms with van der Waals surface area (Å²) in [6, 6.07) is 0.588. The van der Waals surface area contributed by atoms with E-state index >= 15 is 0 Å². The van der Waals surface area contributed by atoms with Crippen LogP contribution in [0, 0.1) is 0 Å². The zero-order chi connectivity index (χ0) is 28.2. The monoisotopic (exact) mass is 679 g/mol. The summed E-state index contributed by atoms with van der Waals surface area (Å²) in [5.41, 5.74) is 5.08. The summed E-state index contributed by atoms with van der Waals surface area (Å²) >= 11 is 3.65. The third kappa shape index (κ3) is 6.98. The number of carbonyl (C=O) groups excluding carboxylic acids is 1. The molecule has 5 rings (SSSR count). The van der Waals surface area contributed by atoms with Gasteiger partial charge in [-0.1, -0.05) is 6.42 Å².